The molecule has 1 aliphatic heterocycles. The van der Waals surface area contributed by atoms with E-state index in [1.807, 2.05) is 36.4 Å². The molecule has 2 aromatic heterocycles. The van der Waals surface area contributed by atoms with Crippen molar-refractivity contribution in [1.82, 2.24) is 9.97 Å². The van der Waals surface area contributed by atoms with Gasteiger partial charge in [-0.15, -0.1) is 11.3 Å². The first-order chi connectivity index (χ1) is 14.2. The van der Waals surface area contributed by atoms with Crippen molar-refractivity contribution in [3.63, 3.8) is 0 Å². The van der Waals surface area contributed by atoms with Crippen molar-refractivity contribution in [1.29, 1.82) is 0 Å². The van der Waals surface area contributed by atoms with E-state index in [4.69, 9.17) is 11.6 Å². The first-order valence-corrected chi connectivity index (χ1v) is 10.7. The topological polar surface area (TPSA) is 32.3 Å². The summed E-state index contributed by atoms with van der Waals surface area (Å²) in [6.07, 6.45) is 1.64. The molecule has 0 N–H and O–H groups in total. The molecule has 4 nitrogen and oxygen atoms in total. The summed E-state index contributed by atoms with van der Waals surface area (Å²) in [7, 11) is 0. The summed E-state index contributed by atoms with van der Waals surface area (Å²) in [5.41, 5.74) is 3.30. The maximum absolute atomic E-state index is 13.2. The Labute approximate surface area is 177 Å². The highest BCUT2D eigenvalue weighted by atomic mass is 35.5. The molecular formula is C22H18ClFN4S. The Morgan fingerprint density at radius 1 is 0.862 bits per heavy atom. The number of nitrogens with zero attached hydrogens (tertiary/aromatic N) is 4. The molecule has 0 spiro atoms. The van der Waals surface area contributed by atoms with E-state index in [-0.39, 0.29) is 5.82 Å². The molecule has 0 saturated carbocycles. The van der Waals surface area contributed by atoms with E-state index in [1.54, 1.807) is 17.7 Å². The van der Waals surface area contributed by atoms with Gasteiger partial charge in [0.15, 0.2) is 0 Å². The third-order valence-corrected chi connectivity index (χ3v) is 6.41. The number of benzene rings is 2. The average molecular weight is 425 g/mol. The van der Waals surface area contributed by atoms with Gasteiger partial charge in [0.05, 0.1) is 5.39 Å². The molecule has 0 unspecified atom stereocenters. The van der Waals surface area contributed by atoms with Crippen LogP contribution in [0.3, 0.4) is 0 Å². The van der Waals surface area contributed by atoms with Gasteiger partial charge in [-0.3, -0.25) is 0 Å². The molecule has 0 bridgehead atoms. The van der Waals surface area contributed by atoms with Gasteiger partial charge in [-0.25, -0.2) is 14.4 Å². The van der Waals surface area contributed by atoms with Crippen LogP contribution in [-0.4, -0.2) is 36.1 Å². The van der Waals surface area contributed by atoms with Crippen molar-refractivity contribution in [2.24, 2.45) is 0 Å². The Bertz CT molecular complexity index is 1140. The molecule has 4 aromatic rings. The number of halogens is 2. The van der Waals surface area contributed by atoms with E-state index in [1.165, 1.54) is 12.1 Å². The van der Waals surface area contributed by atoms with E-state index < -0.39 is 0 Å². The fraction of sp³-hybridized carbons (Fsp3) is 0.182. The van der Waals surface area contributed by atoms with Crippen LogP contribution in [0.5, 0.6) is 0 Å². The molecule has 3 heterocycles. The van der Waals surface area contributed by atoms with Gasteiger partial charge < -0.3 is 9.80 Å². The lowest BCUT2D eigenvalue weighted by atomic mass is 10.1. The smallest absolute Gasteiger partial charge is 0.141 e. The lowest BCUT2D eigenvalue weighted by Gasteiger charge is -2.37. The number of thiophene rings is 1. The Morgan fingerprint density at radius 3 is 2.28 bits per heavy atom. The molecule has 0 radical (unpaired) electrons. The minimum Gasteiger partial charge on any atom is -0.368 e. The number of piperazine rings is 1. The van der Waals surface area contributed by atoms with Crippen molar-refractivity contribution < 1.29 is 4.39 Å². The largest absolute Gasteiger partial charge is 0.368 e. The predicted molar refractivity (Wildman–Crippen MR) is 119 cm³/mol. The van der Waals surface area contributed by atoms with Gasteiger partial charge in [0.2, 0.25) is 0 Å². The SMILES string of the molecule is Fc1ccc(N2CCN(c3ncnc4scc(-c5ccc(Cl)cc5)c34)CC2)cc1. The van der Waals surface area contributed by atoms with Crippen molar-refractivity contribution in [3.05, 3.63) is 71.1 Å². The standard InChI is InChI=1S/C22H18ClFN4S/c23-16-3-1-15(2-4-16)19-13-29-22-20(19)21(25-14-26-22)28-11-9-27(10-12-28)18-7-5-17(24)6-8-18/h1-8,13-14H,9-12H2. The summed E-state index contributed by atoms with van der Waals surface area (Å²) in [5.74, 6) is 0.767. The van der Waals surface area contributed by atoms with Gasteiger partial charge >= 0.3 is 0 Å². The molecule has 5 rings (SSSR count). The van der Waals surface area contributed by atoms with Crippen molar-refractivity contribution in [3.8, 4) is 11.1 Å². The molecule has 1 saturated heterocycles. The Hall–Kier alpha value is -2.70. The zero-order chi connectivity index (χ0) is 19.8. The maximum atomic E-state index is 13.2. The minimum atomic E-state index is -0.206. The Morgan fingerprint density at radius 2 is 1.55 bits per heavy atom. The molecule has 29 heavy (non-hydrogen) atoms. The Balaban J connectivity index is 1.44. The molecule has 146 valence electrons. The first kappa shape index (κ1) is 18.3. The summed E-state index contributed by atoms with van der Waals surface area (Å²) >= 11 is 7.69. The molecular weight excluding hydrogens is 407 g/mol. The van der Waals surface area contributed by atoms with E-state index in [0.29, 0.717) is 0 Å². The van der Waals surface area contributed by atoms with Crippen molar-refractivity contribution in [2.45, 2.75) is 0 Å². The van der Waals surface area contributed by atoms with Gasteiger partial charge in [-0.2, -0.15) is 0 Å². The third-order valence-electron chi connectivity index (χ3n) is 5.28. The predicted octanol–water partition coefficient (Wildman–Crippen LogP) is 5.48. The van der Waals surface area contributed by atoms with Gasteiger partial charge in [-0.05, 0) is 42.0 Å². The van der Waals surface area contributed by atoms with Crippen LogP contribution in [-0.2, 0) is 0 Å². The summed E-state index contributed by atoms with van der Waals surface area (Å²) in [6, 6.07) is 14.6. The average Bonchev–Trinajstić information content (AvgIpc) is 3.19. The second-order valence-corrected chi connectivity index (χ2v) is 8.28. The highest BCUT2D eigenvalue weighted by Crippen LogP contribution is 2.38. The van der Waals surface area contributed by atoms with Gasteiger partial charge in [0.1, 0.15) is 22.8 Å². The van der Waals surface area contributed by atoms with Crippen LogP contribution in [0.15, 0.2) is 60.2 Å². The molecule has 0 amide bonds. The van der Waals surface area contributed by atoms with E-state index >= 15 is 0 Å². The highest BCUT2D eigenvalue weighted by Gasteiger charge is 2.22. The minimum absolute atomic E-state index is 0.206. The first-order valence-electron chi connectivity index (χ1n) is 9.42. The van der Waals surface area contributed by atoms with Gasteiger partial charge in [-0.1, -0.05) is 23.7 Å². The monoisotopic (exact) mass is 424 g/mol. The molecule has 1 aliphatic rings. The summed E-state index contributed by atoms with van der Waals surface area (Å²) < 4.78 is 13.2. The molecule has 0 aliphatic carbocycles. The fourth-order valence-corrected chi connectivity index (χ4v) is 4.81. The third kappa shape index (κ3) is 3.54. The number of fused-ring (bicyclic) bond motifs is 1. The lowest BCUT2D eigenvalue weighted by Crippen LogP contribution is -2.46. The van der Waals surface area contributed by atoms with Gasteiger partial charge in [0.25, 0.3) is 0 Å². The molecule has 1 fully saturated rings. The van der Waals surface area contributed by atoms with E-state index in [2.05, 4.69) is 25.1 Å². The molecule has 0 atom stereocenters. The number of rotatable bonds is 3. The van der Waals surface area contributed by atoms with Crippen LogP contribution in [0.2, 0.25) is 5.02 Å². The van der Waals surface area contributed by atoms with Crippen LogP contribution in [0, 0.1) is 5.82 Å². The lowest BCUT2D eigenvalue weighted by molar-refractivity contribution is 0.624. The van der Waals surface area contributed by atoms with Crippen molar-refractivity contribution in [2.75, 3.05) is 36.0 Å². The molecule has 7 heteroatoms. The number of hydrogen-bond acceptors (Lipinski definition) is 5. The zero-order valence-electron chi connectivity index (χ0n) is 15.6. The second kappa shape index (κ2) is 7.61. The summed E-state index contributed by atoms with van der Waals surface area (Å²) in [6.45, 7) is 3.41. The van der Waals surface area contributed by atoms with E-state index in [0.717, 1.165) is 64.1 Å². The van der Waals surface area contributed by atoms with Crippen LogP contribution in [0.4, 0.5) is 15.9 Å². The maximum Gasteiger partial charge on any atom is 0.141 e. The second-order valence-electron chi connectivity index (χ2n) is 6.98. The number of anilines is 2. The summed E-state index contributed by atoms with van der Waals surface area (Å²) in [4.78, 5) is 14.7. The quantitative estimate of drug-likeness (QED) is 0.436. The van der Waals surface area contributed by atoms with Crippen LogP contribution < -0.4 is 9.80 Å². The summed E-state index contributed by atoms with van der Waals surface area (Å²) in [5, 5.41) is 3.96. The zero-order valence-corrected chi connectivity index (χ0v) is 17.1. The van der Waals surface area contributed by atoms with Crippen LogP contribution in [0.1, 0.15) is 0 Å². The normalized spacial score (nSPS) is 14.6. The van der Waals surface area contributed by atoms with Gasteiger partial charge in [0, 0.05) is 47.8 Å². The van der Waals surface area contributed by atoms with Crippen LogP contribution >= 0.6 is 22.9 Å². The number of hydrogen-bond donors (Lipinski definition) is 0. The fourth-order valence-electron chi connectivity index (χ4n) is 3.77. The van der Waals surface area contributed by atoms with Crippen molar-refractivity contribution >= 4 is 44.7 Å². The highest BCUT2D eigenvalue weighted by molar-refractivity contribution is 7.17. The number of aromatic nitrogens is 2. The van der Waals surface area contributed by atoms with E-state index in [9.17, 15) is 4.39 Å². The Kier molecular flexibility index (Phi) is 4.81. The van der Waals surface area contributed by atoms with Crippen LogP contribution in [0.25, 0.3) is 21.3 Å². The molecule has 2 aromatic carbocycles.